The van der Waals surface area contributed by atoms with Crippen molar-refractivity contribution in [3.05, 3.63) is 0 Å². The quantitative estimate of drug-likeness (QED) is 0.593. The fourth-order valence-electron chi connectivity index (χ4n) is 1.38. The molecule has 0 radical (unpaired) electrons. The van der Waals surface area contributed by atoms with Crippen LogP contribution < -0.4 is 5.32 Å². The molecule has 0 bridgehead atoms. The molecule has 0 saturated carbocycles. The largest absolute Gasteiger partial charge is 0.382 e. The van der Waals surface area contributed by atoms with Gasteiger partial charge in [0.15, 0.2) is 9.84 Å². The molecule has 0 aliphatic heterocycles. The standard InChI is InChI=1S/C11H25NO3S/c1-4-15-9-7-6-8-12-11(3)10-16(13,14)5-2/h11-12H,4-10H2,1-3H3. The highest BCUT2D eigenvalue weighted by atomic mass is 32.2. The molecule has 0 heterocycles. The van der Waals surface area contributed by atoms with Gasteiger partial charge in [0.1, 0.15) is 0 Å². The Labute approximate surface area is 99.7 Å². The smallest absolute Gasteiger partial charge is 0.151 e. The van der Waals surface area contributed by atoms with E-state index < -0.39 is 9.84 Å². The van der Waals surface area contributed by atoms with Gasteiger partial charge in [0.05, 0.1) is 5.75 Å². The number of unbranched alkanes of at least 4 members (excludes halogenated alkanes) is 1. The molecule has 16 heavy (non-hydrogen) atoms. The Morgan fingerprint density at radius 2 is 1.94 bits per heavy atom. The fourth-order valence-corrected chi connectivity index (χ4v) is 2.49. The van der Waals surface area contributed by atoms with Gasteiger partial charge in [0.25, 0.3) is 0 Å². The highest BCUT2D eigenvalue weighted by molar-refractivity contribution is 7.91. The monoisotopic (exact) mass is 251 g/mol. The second-order valence-corrected chi connectivity index (χ2v) is 6.36. The number of nitrogens with one attached hydrogen (secondary N) is 1. The molecule has 0 saturated heterocycles. The van der Waals surface area contributed by atoms with Crippen LogP contribution in [0.3, 0.4) is 0 Å². The van der Waals surface area contributed by atoms with Gasteiger partial charge in [-0.3, -0.25) is 0 Å². The zero-order chi connectivity index (χ0) is 12.4. The van der Waals surface area contributed by atoms with Crippen molar-refractivity contribution < 1.29 is 13.2 Å². The van der Waals surface area contributed by atoms with Crippen molar-refractivity contribution in [2.75, 3.05) is 31.3 Å². The summed E-state index contributed by atoms with van der Waals surface area (Å²) < 4.78 is 27.9. The fraction of sp³-hybridized carbons (Fsp3) is 1.00. The Morgan fingerprint density at radius 1 is 1.25 bits per heavy atom. The van der Waals surface area contributed by atoms with E-state index in [0.717, 1.165) is 32.6 Å². The third kappa shape index (κ3) is 9.12. The third-order valence-electron chi connectivity index (χ3n) is 2.36. The van der Waals surface area contributed by atoms with Crippen molar-refractivity contribution in [3.63, 3.8) is 0 Å². The van der Waals surface area contributed by atoms with Gasteiger partial charge in [0, 0.05) is 25.0 Å². The second-order valence-electron chi connectivity index (χ2n) is 3.96. The van der Waals surface area contributed by atoms with Crippen molar-refractivity contribution >= 4 is 9.84 Å². The molecule has 5 heteroatoms. The first-order valence-corrected chi connectivity index (χ1v) is 7.85. The number of ether oxygens (including phenoxy) is 1. The molecular weight excluding hydrogens is 226 g/mol. The van der Waals surface area contributed by atoms with Crippen molar-refractivity contribution in [1.82, 2.24) is 5.32 Å². The summed E-state index contributed by atoms with van der Waals surface area (Å²) in [4.78, 5) is 0. The number of hydrogen-bond donors (Lipinski definition) is 1. The Balaban J connectivity index is 3.48. The maximum Gasteiger partial charge on any atom is 0.151 e. The first kappa shape index (κ1) is 15.9. The predicted molar refractivity (Wildman–Crippen MR) is 67.5 cm³/mol. The summed E-state index contributed by atoms with van der Waals surface area (Å²) in [7, 11) is -2.86. The normalized spacial score (nSPS) is 13.9. The van der Waals surface area contributed by atoms with E-state index in [9.17, 15) is 8.42 Å². The van der Waals surface area contributed by atoms with Gasteiger partial charge < -0.3 is 10.1 Å². The summed E-state index contributed by atoms with van der Waals surface area (Å²) in [6.07, 6.45) is 2.05. The van der Waals surface area contributed by atoms with Gasteiger partial charge in [-0.25, -0.2) is 8.42 Å². The highest BCUT2D eigenvalue weighted by Crippen LogP contribution is 1.95. The summed E-state index contributed by atoms with van der Waals surface area (Å²) in [5, 5.41) is 3.22. The Morgan fingerprint density at radius 3 is 2.50 bits per heavy atom. The maximum absolute atomic E-state index is 11.3. The van der Waals surface area contributed by atoms with Crippen LogP contribution in [0.5, 0.6) is 0 Å². The minimum Gasteiger partial charge on any atom is -0.382 e. The van der Waals surface area contributed by atoms with Crippen LogP contribution in [0.1, 0.15) is 33.6 Å². The summed E-state index contributed by atoms with van der Waals surface area (Å²) >= 11 is 0. The summed E-state index contributed by atoms with van der Waals surface area (Å²) in [5.41, 5.74) is 0. The zero-order valence-electron chi connectivity index (χ0n) is 10.7. The minimum absolute atomic E-state index is 0.0389. The van der Waals surface area contributed by atoms with E-state index in [2.05, 4.69) is 5.32 Å². The van der Waals surface area contributed by atoms with Crippen LogP contribution in [0.15, 0.2) is 0 Å². The minimum atomic E-state index is -2.86. The van der Waals surface area contributed by atoms with Crippen LogP contribution >= 0.6 is 0 Å². The Bertz CT molecular complexity index is 252. The number of hydrogen-bond acceptors (Lipinski definition) is 4. The molecule has 1 atom stereocenters. The SMILES string of the molecule is CCOCCCCNC(C)CS(=O)(=O)CC. The molecular formula is C11H25NO3S. The molecule has 98 valence electrons. The Kier molecular flexibility index (Phi) is 8.89. The summed E-state index contributed by atoms with van der Waals surface area (Å²) in [5.74, 6) is 0.457. The van der Waals surface area contributed by atoms with Crippen molar-refractivity contribution in [1.29, 1.82) is 0 Å². The molecule has 0 amide bonds. The average molecular weight is 251 g/mol. The van der Waals surface area contributed by atoms with E-state index in [0.29, 0.717) is 0 Å². The average Bonchev–Trinajstić information content (AvgIpc) is 2.22. The van der Waals surface area contributed by atoms with Crippen LogP contribution in [-0.4, -0.2) is 45.7 Å². The van der Waals surface area contributed by atoms with E-state index in [-0.39, 0.29) is 17.5 Å². The van der Waals surface area contributed by atoms with Crippen LogP contribution in [0.4, 0.5) is 0 Å². The molecule has 0 aliphatic carbocycles. The first-order valence-electron chi connectivity index (χ1n) is 6.03. The molecule has 0 fully saturated rings. The lowest BCUT2D eigenvalue weighted by atomic mass is 10.3. The van der Waals surface area contributed by atoms with E-state index >= 15 is 0 Å². The lowest BCUT2D eigenvalue weighted by molar-refractivity contribution is 0.143. The van der Waals surface area contributed by atoms with Crippen LogP contribution in [-0.2, 0) is 14.6 Å². The Hall–Kier alpha value is -0.130. The molecule has 1 N–H and O–H groups in total. The van der Waals surface area contributed by atoms with Crippen molar-refractivity contribution in [2.45, 2.75) is 39.7 Å². The van der Waals surface area contributed by atoms with Gasteiger partial charge in [-0.1, -0.05) is 6.92 Å². The molecule has 0 rings (SSSR count). The maximum atomic E-state index is 11.3. The van der Waals surface area contributed by atoms with Crippen LogP contribution in [0.25, 0.3) is 0 Å². The predicted octanol–water partition coefficient (Wildman–Crippen LogP) is 1.22. The van der Waals surface area contributed by atoms with Gasteiger partial charge in [0.2, 0.25) is 0 Å². The van der Waals surface area contributed by atoms with Crippen LogP contribution in [0.2, 0.25) is 0 Å². The zero-order valence-corrected chi connectivity index (χ0v) is 11.5. The molecule has 1 unspecified atom stereocenters. The molecule has 0 aliphatic rings. The van der Waals surface area contributed by atoms with E-state index in [1.165, 1.54) is 0 Å². The van der Waals surface area contributed by atoms with Crippen molar-refractivity contribution in [2.24, 2.45) is 0 Å². The third-order valence-corrected chi connectivity index (χ3v) is 4.24. The van der Waals surface area contributed by atoms with Crippen LogP contribution in [0, 0.1) is 0 Å². The lowest BCUT2D eigenvalue weighted by Crippen LogP contribution is -2.34. The molecule has 0 aromatic heterocycles. The topological polar surface area (TPSA) is 55.4 Å². The van der Waals surface area contributed by atoms with Gasteiger partial charge in [-0.05, 0) is 33.2 Å². The van der Waals surface area contributed by atoms with E-state index in [4.69, 9.17) is 4.74 Å². The molecule has 4 nitrogen and oxygen atoms in total. The van der Waals surface area contributed by atoms with Gasteiger partial charge >= 0.3 is 0 Å². The molecule has 0 aromatic rings. The lowest BCUT2D eigenvalue weighted by Gasteiger charge is -2.13. The van der Waals surface area contributed by atoms with E-state index in [1.807, 2.05) is 13.8 Å². The second kappa shape index (κ2) is 8.96. The summed E-state index contributed by atoms with van der Waals surface area (Å²) in [6, 6.07) is 0.0389. The van der Waals surface area contributed by atoms with Gasteiger partial charge in [-0.15, -0.1) is 0 Å². The number of rotatable bonds is 10. The highest BCUT2D eigenvalue weighted by Gasteiger charge is 2.12. The molecule has 0 aromatic carbocycles. The number of sulfone groups is 1. The molecule has 0 spiro atoms. The van der Waals surface area contributed by atoms with Gasteiger partial charge in [-0.2, -0.15) is 0 Å². The van der Waals surface area contributed by atoms with E-state index in [1.54, 1.807) is 6.92 Å². The van der Waals surface area contributed by atoms with Crippen molar-refractivity contribution in [3.8, 4) is 0 Å². The summed E-state index contributed by atoms with van der Waals surface area (Å²) in [6.45, 7) is 7.99. The first-order chi connectivity index (χ1) is 7.52.